The first-order valence-electron chi connectivity index (χ1n) is 26.1. The molecule has 29 heteroatoms. The Labute approximate surface area is 471 Å². The number of allylic oxidation sites excluding steroid dienone is 6. The first-order valence-corrected chi connectivity index (χ1v) is 30.6. The molecule has 7 N–H and O–H groups in total. The minimum absolute atomic E-state index is 0.0899. The number of nitro benzene ring substituents is 1. The molecule has 444 valence electrons. The summed E-state index contributed by atoms with van der Waals surface area (Å²) in [6, 6.07) is 18.6. The van der Waals surface area contributed by atoms with Crippen LogP contribution in [-0.2, 0) is 63.2 Å². The van der Waals surface area contributed by atoms with Crippen LogP contribution < -0.4 is 21.5 Å². The van der Waals surface area contributed by atoms with E-state index in [0.29, 0.717) is 25.9 Å². The second-order valence-electron chi connectivity index (χ2n) is 20.5. The highest BCUT2D eigenvalue weighted by Crippen LogP contribution is 2.49. The van der Waals surface area contributed by atoms with Gasteiger partial charge in [-0.3, -0.25) is 47.1 Å². The van der Waals surface area contributed by atoms with Gasteiger partial charge in [-0.15, -0.1) is 0 Å². The van der Waals surface area contributed by atoms with Crippen molar-refractivity contribution < 1.29 is 84.8 Å². The highest BCUT2D eigenvalue weighted by molar-refractivity contribution is 7.47. The van der Waals surface area contributed by atoms with Crippen molar-refractivity contribution in [1.82, 2.24) is 14.9 Å². The molecular weight excluding hydrogens is 1130 g/mol. The molecule has 1 amide bonds. The monoisotopic (exact) mass is 1200 g/mol. The number of hydrogen-bond acceptors (Lipinski definition) is 17. The van der Waals surface area contributed by atoms with E-state index in [9.17, 15) is 62.9 Å². The molecule has 7 rings (SSSR count). The number of alkyl carbamates (subject to hydrolysis) is 1. The van der Waals surface area contributed by atoms with E-state index in [1.54, 1.807) is 0 Å². The number of hydrogen-bond donors (Lipinski definition) is 7. The van der Waals surface area contributed by atoms with Crippen LogP contribution in [0.5, 0.6) is 0 Å². The fourth-order valence-electron chi connectivity index (χ4n) is 10.1. The Morgan fingerprint density at radius 1 is 0.902 bits per heavy atom. The zero-order valence-electron chi connectivity index (χ0n) is 45.9. The van der Waals surface area contributed by atoms with Crippen LogP contribution in [0.1, 0.15) is 94.0 Å². The number of H-pyrrole nitrogens is 1. The van der Waals surface area contributed by atoms with Crippen molar-refractivity contribution in [2.75, 3.05) is 51.0 Å². The number of amides is 1. The predicted molar refractivity (Wildman–Crippen MR) is 299 cm³/mol. The molecule has 6 atom stereocenters. The molecule has 4 aromatic rings. The number of benzene rings is 3. The number of fused-ring (bicyclic) bond motifs is 2. The van der Waals surface area contributed by atoms with Gasteiger partial charge in [-0.1, -0.05) is 68.5 Å². The van der Waals surface area contributed by atoms with Gasteiger partial charge in [-0.25, -0.2) is 23.3 Å². The molecule has 4 heterocycles. The largest absolute Gasteiger partial charge is 0.472 e. The van der Waals surface area contributed by atoms with Crippen LogP contribution in [0, 0.1) is 17.0 Å². The Morgan fingerprint density at radius 2 is 1.57 bits per heavy atom. The summed E-state index contributed by atoms with van der Waals surface area (Å²) in [5, 5.41) is 24.1. The number of aromatic amines is 1. The van der Waals surface area contributed by atoms with E-state index in [1.165, 1.54) is 37.7 Å². The van der Waals surface area contributed by atoms with Gasteiger partial charge in [0.25, 0.3) is 11.2 Å². The van der Waals surface area contributed by atoms with Crippen LogP contribution in [0.4, 0.5) is 21.9 Å². The number of nitrogens with zero attached hydrogens (tertiary/aromatic N) is 4. The zero-order chi connectivity index (χ0) is 59.8. The Kier molecular flexibility index (Phi) is 20.7. The van der Waals surface area contributed by atoms with Crippen LogP contribution >= 0.6 is 23.5 Å². The molecule has 82 heavy (non-hydrogen) atoms. The highest BCUT2D eigenvalue weighted by Gasteiger charge is 2.45. The van der Waals surface area contributed by atoms with Gasteiger partial charge in [0.15, 0.2) is 12.3 Å². The quantitative estimate of drug-likeness (QED) is 0.00762. The summed E-state index contributed by atoms with van der Waals surface area (Å²) in [5.74, 6) is 0. The maximum absolute atomic E-state index is 13.2. The van der Waals surface area contributed by atoms with Crippen LogP contribution in [0.15, 0.2) is 119 Å². The van der Waals surface area contributed by atoms with Gasteiger partial charge < -0.3 is 44.4 Å². The molecule has 0 radical (unpaired) electrons. The van der Waals surface area contributed by atoms with E-state index >= 15 is 0 Å². The van der Waals surface area contributed by atoms with E-state index in [0.717, 1.165) is 39.0 Å². The van der Waals surface area contributed by atoms with Crippen molar-refractivity contribution in [3.05, 3.63) is 168 Å². The lowest BCUT2D eigenvalue weighted by molar-refractivity contribution is -0.438. The summed E-state index contributed by atoms with van der Waals surface area (Å²) >= 11 is 0. The molecule has 0 bridgehead atoms. The lowest BCUT2D eigenvalue weighted by Gasteiger charge is -2.26. The minimum Gasteiger partial charge on any atom is -0.441 e. The van der Waals surface area contributed by atoms with E-state index in [-0.39, 0.29) is 47.2 Å². The molecule has 3 aliphatic rings. The number of aliphatic hydroxyl groups is 1. The second kappa shape index (κ2) is 26.7. The topological polar surface area (TPSA) is 350 Å². The van der Waals surface area contributed by atoms with Gasteiger partial charge in [0, 0.05) is 78.3 Å². The lowest BCUT2D eigenvalue weighted by atomic mass is 9.81. The third-order valence-corrected chi connectivity index (χ3v) is 16.5. The maximum atomic E-state index is 13.2. The van der Waals surface area contributed by atoms with E-state index < -0.39 is 102 Å². The summed E-state index contributed by atoms with van der Waals surface area (Å²) in [6.45, 7) is 9.57. The first-order chi connectivity index (χ1) is 38.6. The normalized spacial score (nSPS) is 20.7. The molecule has 0 spiro atoms. The summed E-state index contributed by atoms with van der Waals surface area (Å²) in [6.07, 6.45) is 7.10. The number of aromatic nitrogens is 2. The van der Waals surface area contributed by atoms with Gasteiger partial charge in [-0.05, 0) is 69.5 Å². The minimum atomic E-state index is -5.03. The number of phosphoric ester groups is 3. The predicted octanol–water partition coefficient (Wildman–Crippen LogP) is 7.42. The average molecular weight is 1200 g/mol. The van der Waals surface area contributed by atoms with E-state index in [1.807, 2.05) is 54.6 Å². The number of carbonyl (C=O) groups is 1. The third kappa shape index (κ3) is 15.8. The Hall–Kier alpha value is -6.05. The first kappa shape index (κ1) is 63.5. The Morgan fingerprint density at radius 3 is 2.27 bits per heavy atom. The smallest absolute Gasteiger partial charge is 0.441 e. The molecular formula is C53H68N6O20P3+. The van der Waals surface area contributed by atoms with Gasteiger partial charge in [-0.2, -0.15) is 4.58 Å². The van der Waals surface area contributed by atoms with Crippen LogP contribution in [-0.4, -0.2) is 114 Å². The second-order valence-corrected chi connectivity index (χ2v) is 24.6. The Bertz CT molecular complexity index is 3410. The summed E-state index contributed by atoms with van der Waals surface area (Å²) in [5.41, 5.74) is 3.96. The van der Waals surface area contributed by atoms with Gasteiger partial charge in [0.1, 0.15) is 18.4 Å². The van der Waals surface area contributed by atoms with Crippen molar-refractivity contribution in [2.24, 2.45) is 0 Å². The van der Waals surface area contributed by atoms with Crippen molar-refractivity contribution in [3.8, 4) is 0 Å². The number of nitro groups is 1. The zero-order valence-corrected chi connectivity index (χ0v) is 48.6. The van der Waals surface area contributed by atoms with Crippen LogP contribution in [0.25, 0.3) is 0 Å². The fourth-order valence-corrected chi connectivity index (χ4v) is 11.8. The lowest BCUT2D eigenvalue weighted by Crippen LogP contribution is -2.42. The summed E-state index contributed by atoms with van der Waals surface area (Å²) < 4.78 is 76.4. The van der Waals surface area contributed by atoms with Crippen LogP contribution in [0.2, 0.25) is 0 Å². The van der Waals surface area contributed by atoms with Crippen molar-refractivity contribution in [3.63, 3.8) is 0 Å². The van der Waals surface area contributed by atoms with Crippen molar-refractivity contribution >= 4 is 52.3 Å². The third-order valence-electron chi connectivity index (χ3n) is 14.0. The van der Waals surface area contributed by atoms with Crippen molar-refractivity contribution in [2.45, 2.75) is 103 Å². The number of rotatable bonds is 27. The molecule has 3 aliphatic heterocycles. The van der Waals surface area contributed by atoms with E-state index in [2.05, 4.69) is 76.3 Å². The highest BCUT2D eigenvalue weighted by atomic mass is 31.2. The molecule has 1 saturated heterocycles. The van der Waals surface area contributed by atoms with Gasteiger partial charge in [0.2, 0.25) is 5.69 Å². The van der Waals surface area contributed by atoms with Gasteiger partial charge in [0.05, 0.1) is 55.0 Å². The number of aliphatic hydroxyl groups excluding tert-OH is 1. The standard InChI is InChI=1S/C53H67N6O20P3/c1-35-32-58(50(62)55-49(35)61)48-31-41(45(79-48)34-76-80(66,67)68)54-51(63)78-36(2)38-30-37(22-23-42(38)59(64)65)33-77-82(71,72)75-29-28-74-81(69,70)73-27-15-25-57-44-19-13-11-17-40(44)53(5,6)47(57)21-9-7-8-20-46-52(3,4)39-16-10-12-18-43(39)56(46)24-14-26-60/h7-13,16-23,30,32,36,41,45,48,60H,14-15,24-29,31,33-34H2,1-6H3,(H5-,54,55,61,62,63,66,67,68,69,70,71,72)/p+1/t36?,41-,45-,48-/m1/s1. The average Bonchev–Trinajstić information content (AvgIpc) is 4.16. The SMILES string of the molecule is Cc1cn([C@H]2C[C@@H](NC(=O)OC(C)c3cc(COP(=O)(O)OCCOP(=O)(O)OCCC[N+]4=C(C=CC=CC=C5N(CCCO)c6ccccc6C5(C)C)C(C)(C)c5ccccc54)ccc3[N+](=O)[O-])[C@@H](COP(=O)(O)O)O2)c(=O)[nH]c1=O. The molecule has 3 unspecified atom stereocenters. The maximum Gasteiger partial charge on any atom is 0.472 e. The molecule has 1 aromatic heterocycles. The number of phosphoric acid groups is 3. The number of anilines is 1. The summed E-state index contributed by atoms with van der Waals surface area (Å²) in [4.78, 5) is 92.8. The Balaban J connectivity index is 0.894. The molecule has 0 saturated carbocycles. The molecule has 0 aliphatic carbocycles. The van der Waals surface area contributed by atoms with Crippen LogP contribution in [0.3, 0.4) is 0 Å². The number of carbonyl (C=O) groups excluding carboxylic acids is 1. The number of ether oxygens (including phenoxy) is 2. The summed E-state index contributed by atoms with van der Waals surface area (Å²) in [7, 11) is -14.6. The number of aryl methyl sites for hydroxylation is 1. The molecule has 1 fully saturated rings. The van der Waals surface area contributed by atoms with E-state index in [4.69, 9.17) is 27.6 Å². The van der Waals surface area contributed by atoms with Gasteiger partial charge >= 0.3 is 35.3 Å². The number of para-hydroxylation sites is 2. The fraction of sp³-hybridized carbons (Fsp3) is 0.434. The molecule has 26 nitrogen and oxygen atoms in total. The number of nitrogens with one attached hydrogen (secondary N) is 2. The van der Waals surface area contributed by atoms with Crippen molar-refractivity contribution in [1.29, 1.82) is 0 Å². The molecule has 3 aromatic carbocycles.